The molecule has 0 saturated carbocycles. The Hall–Kier alpha value is -1.41. The van der Waals surface area contributed by atoms with E-state index < -0.39 is 0 Å². The summed E-state index contributed by atoms with van der Waals surface area (Å²) >= 11 is 3.47. The third-order valence-electron chi connectivity index (χ3n) is 2.94. The van der Waals surface area contributed by atoms with Crippen LogP contribution in [0.5, 0.6) is 0 Å². The van der Waals surface area contributed by atoms with E-state index in [9.17, 15) is 4.79 Å². The molecule has 0 spiro atoms. The van der Waals surface area contributed by atoms with Crippen LogP contribution in [0, 0.1) is 0 Å². The molecule has 3 rings (SSSR count). The standard InChI is InChI=1S/C14H9BrO/c15-10-6-5-9-7-14(16)12-4-2-1-3-11(12)13(9)8-10/h1-6,8H,7H2. The van der Waals surface area contributed by atoms with Crippen LogP contribution >= 0.6 is 15.9 Å². The molecule has 0 fully saturated rings. The fourth-order valence-electron chi connectivity index (χ4n) is 2.18. The summed E-state index contributed by atoms with van der Waals surface area (Å²) < 4.78 is 1.05. The van der Waals surface area contributed by atoms with E-state index in [1.807, 2.05) is 36.4 Å². The van der Waals surface area contributed by atoms with Gasteiger partial charge >= 0.3 is 0 Å². The molecule has 0 bridgehead atoms. The molecule has 1 aliphatic rings. The Kier molecular flexibility index (Phi) is 2.18. The summed E-state index contributed by atoms with van der Waals surface area (Å²) in [6.45, 7) is 0. The lowest BCUT2D eigenvalue weighted by molar-refractivity contribution is 0.0992. The zero-order chi connectivity index (χ0) is 11.1. The summed E-state index contributed by atoms with van der Waals surface area (Å²) in [5, 5.41) is 0. The van der Waals surface area contributed by atoms with Crippen molar-refractivity contribution in [1.29, 1.82) is 0 Å². The highest BCUT2D eigenvalue weighted by molar-refractivity contribution is 9.10. The maximum absolute atomic E-state index is 11.9. The van der Waals surface area contributed by atoms with Gasteiger partial charge in [0, 0.05) is 16.5 Å². The molecule has 0 aliphatic heterocycles. The Balaban J connectivity index is 2.33. The first-order valence-corrected chi connectivity index (χ1v) is 5.96. The minimum Gasteiger partial charge on any atom is -0.294 e. The van der Waals surface area contributed by atoms with Crippen molar-refractivity contribution in [3.05, 3.63) is 58.1 Å². The molecule has 2 heteroatoms. The van der Waals surface area contributed by atoms with E-state index in [0.29, 0.717) is 6.42 Å². The number of ketones is 1. The van der Waals surface area contributed by atoms with Crippen molar-refractivity contribution in [3.63, 3.8) is 0 Å². The average molecular weight is 273 g/mol. The summed E-state index contributed by atoms with van der Waals surface area (Å²) in [6, 6.07) is 13.9. The predicted octanol–water partition coefficient (Wildman–Crippen LogP) is 3.85. The molecule has 0 heterocycles. The average Bonchev–Trinajstić information content (AvgIpc) is 2.31. The summed E-state index contributed by atoms with van der Waals surface area (Å²) in [5.41, 5.74) is 4.18. The predicted molar refractivity (Wildman–Crippen MR) is 67.6 cm³/mol. The molecule has 1 aliphatic carbocycles. The maximum Gasteiger partial charge on any atom is 0.167 e. The van der Waals surface area contributed by atoms with Gasteiger partial charge in [0.2, 0.25) is 0 Å². The first-order chi connectivity index (χ1) is 7.75. The zero-order valence-corrected chi connectivity index (χ0v) is 10.1. The van der Waals surface area contributed by atoms with Gasteiger partial charge in [-0.1, -0.05) is 46.3 Å². The molecule has 0 atom stereocenters. The first kappa shape index (κ1) is 9.79. The molecule has 16 heavy (non-hydrogen) atoms. The summed E-state index contributed by atoms with van der Waals surface area (Å²) in [4.78, 5) is 11.9. The SMILES string of the molecule is O=C1Cc2ccc(Br)cc2-c2ccccc21. The normalized spacial score (nSPS) is 13.2. The fraction of sp³-hybridized carbons (Fsp3) is 0.0714. The van der Waals surface area contributed by atoms with Gasteiger partial charge in [0.15, 0.2) is 5.78 Å². The van der Waals surface area contributed by atoms with Crippen LogP contribution in [0.4, 0.5) is 0 Å². The fourth-order valence-corrected chi connectivity index (χ4v) is 2.54. The smallest absolute Gasteiger partial charge is 0.167 e. The van der Waals surface area contributed by atoms with Crippen LogP contribution in [-0.4, -0.2) is 5.78 Å². The first-order valence-electron chi connectivity index (χ1n) is 5.17. The van der Waals surface area contributed by atoms with Gasteiger partial charge < -0.3 is 0 Å². The van der Waals surface area contributed by atoms with Crippen LogP contribution in [-0.2, 0) is 6.42 Å². The van der Waals surface area contributed by atoms with Crippen molar-refractivity contribution in [2.45, 2.75) is 6.42 Å². The Morgan fingerprint density at radius 1 is 0.938 bits per heavy atom. The van der Waals surface area contributed by atoms with Gasteiger partial charge in [0.05, 0.1) is 0 Å². The number of Topliss-reactive ketones (excluding diaryl/α,β-unsaturated/α-hetero) is 1. The van der Waals surface area contributed by atoms with Crippen LogP contribution in [0.1, 0.15) is 15.9 Å². The van der Waals surface area contributed by atoms with Crippen LogP contribution in [0.3, 0.4) is 0 Å². The molecule has 0 N–H and O–H groups in total. The van der Waals surface area contributed by atoms with Crippen LogP contribution in [0.2, 0.25) is 0 Å². The quantitative estimate of drug-likeness (QED) is 0.712. The Labute approximate surface area is 102 Å². The molecule has 0 radical (unpaired) electrons. The zero-order valence-electron chi connectivity index (χ0n) is 8.53. The van der Waals surface area contributed by atoms with Gasteiger partial charge in [-0.25, -0.2) is 0 Å². The van der Waals surface area contributed by atoms with E-state index in [1.54, 1.807) is 0 Å². The van der Waals surface area contributed by atoms with Gasteiger partial charge in [-0.15, -0.1) is 0 Å². The van der Waals surface area contributed by atoms with Crippen molar-refractivity contribution in [1.82, 2.24) is 0 Å². The topological polar surface area (TPSA) is 17.1 Å². The number of benzene rings is 2. The van der Waals surface area contributed by atoms with E-state index in [0.717, 1.165) is 21.2 Å². The van der Waals surface area contributed by atoms with Crippen molar-refractivity contribution in [2.75, 3.05) is 0 Å². The lowest BCUT2D eigenvalue weighted by Crippen LogP contribution is -2.11. The van der Waals surface area contributed by atoms with Gasteiger partial charge in [0.1, 0.15) is 0 Å². The summed E-state index contributed by atoms with van der Waals surface area (Å²) in [6.07, 6.45) is 0.514. The van der Waals surface area contributed by atoms with Gasteiger partial charge in [-0.05, 0) is 28.8 Å². The molecule has 0 saturated heterocycles. The molecule has 2 aromatic carbocycles. The second-order valence-electron chi connectivity index (χ2n) is 3.95. The molecule has 2 aromatic rings. The third-order valence-corrected chi connectivity index (χ3v) is 3.43. The highest BCUT2D eigenvalue weighted by Gasteiger charge is 2.21. The Morgan fingerprint density at radius 2 is 1.69 bits per heavy atom. The molecule has 0 amide bonds. The molecular weight excluding hydrogens is 264 g/mol. The van der Waals surface area contributed by atoms with Crippen molar-refractivity contribution >= 4 is 21.7 Å². The summed E-state index contributed by atoms with van der Waals surface area (Å²) in [5.74, 6) is 0.213. The monoisotopic (exact) mass is 272 g/mol. The van der Waals surface area contributed by atoms with Crippen molar-refractivity contribution < 1.29 is 4.79 Å². The van der Waals surface area contributed by atoms with Gasteiger partial charge in [-0.3, -0.25) is 4.79 Å². The highest BCUT2D eigenvalue weighted by atomic mass is 79.9. The molecular formula is C14H9BrO. The highest BCUT2D eigenvalue weighted by Crippen LogP contribution is 2.34. The number of carbonyl (C=O) groups excluding carboxylic acids is 1. The van der Waals surface area contributed by atoms with Gasteiger partial charge in [0.25, 0.3) is 0 Å². The van der Waals surface area contributed by atoms with Crippen LogP contribution < -0.4 is 0 Å². The molecule has 0 unspecified atom stereocenters. The maximum atomic E-state index is 11.9. The van der Waals surface area contributed by atoms with Crippen LogP contribution in [0.25, 0.3) is 11.1 Å². The molecule has 1 nitrogen and oxygen atoms in total. The van der Waals surface area contributed by atoms with E-state index >= 15 is 0 Å². The number of carbonyl (C=O) groups is 1. The van der Waals surface area contributed by atoms with E-state index in [1.165, 1.54) is 5.56 Å². The lowest BCUT2D eigenvalue weighted by atomic mass is 9.85. The Bertz CT molecular complexity index is 587. The van der Waals surface area contributed by atoms with Gasteiger partial charge in [-0.2, -0.15) is 0 Å². The third kappa shape index (κ3) is 1.41. The minimum atomic E-state index is 0.213. The Morgan fingerprint density at radius 3 is 2.50 bits per heavy atom. The number of hydrogen-bond acceptors (Lipinski definition) is 1. The second kappa shape index (κ2) is 3.56. The summed E-state index contributed by atoms with van der Waals surface area (Å²) in [7, 11) is 0. The number of halogens is 1. The van der Waals surface area contributed by atoms with E-state index in [4.69, 9.17) is 0 Å². The number of fused-ring (bicyclic) bond motifs is 3. The van der Waals surface area contributed by atoms with Crippen molar-refractivity contribution in [3.8, 4) is 11.1 Å². The minimum absolute atomic E-state index is 0.213. The second-order valence-corrected chi connectivity index (χ2v) is 4.86. The lowest BCUT2D eigenvalue weighted by Gasteiger charge is -2.18. The number of rotatable bonds is 0. The van der Waals surface area contributed by atoms with E-state index in [-0.39, 0.29) is 5.78 Å². The largest absolute Gasteiger partial charge is 0.294 e. The number of hydrogen-bond donors (Lipinski definition) is 0. The van der Waals surface area contributed by atoms with E-state index in [2.05, 4.69) is 22.0 Å². The van der Waals surface area contributed by atoms with Crippen LogP contribution in [0.15, 0.2) is 46.9 Å². The molecule has 0 aromatic heterocycles. The van der Waals surface area contributed by atoms with Crippen molar-refractivity contribution in [2.24, 2.45) is 0 Å². The molecule has 78 valence electrons.